The van der Waals surface area contributed by atoms with Crippen LogP contribution in [0.2, 0.25) is 5.15 Å². The maximum Gasteiger partial charge on any atom is 0.137 e. The highest BCUT2D eigenvalue weighted by atomic mass is 35.5. The molecule has 0 saturated carbocycles. The number of hydrogen-bond acceptors (Lipinski definition) is 3. The Morgan fingerprint density at radius 1 is 1.50 bits per heavy atom. The predicted molar refractivity (Wildman–Crippen MR) is 67.1 cm³/mol. The minimum Gasteiger partial charge on any atom is -0.490 e. The molecule has 0 aromatic carbocycles. The molecule has 0 spiro atoms. The highest BCUT2D eigenvalue weighted by Gasteiger charge is 2.24. The van der Waals surface area contributed by atoms with Crippen LogP contribution in [-0.4, -0.2) is 36.1 Å². The van der Waals surface area contributed by atoms with Crippen molar-refractivity contribution in [2.24, 2.45) is 0 Å². The minimum absolute atomic E-state index is 0.498. The van der Waals surface area contributed by atoms with E-state index in [4.69, 9.17) is 16.3 Å². The summed E-state index contributed by atoms with van der Waals surface area (Å²) in [5, 5.41) is 0.498. The van der Waals surface area contributed by atoms with Crippen LogP contribution in [0.3, 0.4) is 0 Å². The molecule has 1 saturated heterocycles. The van der Waals surface area contributed by atoms with Gasteiger partial charge in [0, 0.05) is 6.04 Å². The molecule has 0 amide bonds. The fourth-order valence-electron chi connectivity index (χ4n) is 1.42. The van der Waals surface area contributed by atoms with Crippen molar-refractivity contribution in [3.63, 3.8) is 0 Å². The summed E-state index contributed by atoms with van der Waals surface area (Å²) < 4.78 is 5.57. The standard InChI is InChI=1S/C10H13ClN2O.C2H6/c1-13-5-4-8(13)7-14-9-2-3-10(11)12-6-9;1-2/h2-3,6,8H,4-5,7H2,1H3;1-2H3. The van der Waals surface area contributed by atoms with Crippen molar-refractivity contribution >= 4 is 11.6 Å². The molecule has 3 nitrogen and oxygen atoms in total. The monoisotopic (exact) mass is 242 g/mol. The van der Waals surface area contributed by atoms with Gasteiger partial charge < -0.3 is 4.74 Å². The van der Waals surface area contributed by atoms with Gasteiger partial charge in [-0.15, -0.1) is 0 Å². The first kappa shape index (κ1) is 13.3. The van der Waals surface area contributed by atoms with Crippen molar-refractivity contribution < 1.29 is 4.74 Å². The van der Waals surface area contributed by atoms with Gasteiger partial charge in [0.2, 0.25) is 0 Å². The van der Waals surface area contributed by atoms with E-state index in [9.17, 15) is 0 Å². The second-order valence-electron chi connectivity index (χ2n) is 3.55. The van der Waals surface area contributed by atoms with Crippen molar-refractivity contribution in [1.29, 1.82) is 0 Å². The molecule has 2 heterocycles. The number of halogens is 1. The molecule has 1 unspecified atom stereocenters. The number of pyridine rings is 1. The number of aromatic nitrogens is 1. The number of likely N-dealkylation sites (tertiary alicyclic amines) is 1. The van der Waals surface area contributed by atoms with Crippen LogP contribution in [0.5, 0.6) is 5.75 Å². The molecule has 1 atom stereocenters. The summed E-state index contributed by atoms with van der Waals surface area (Å²) in [6, 6.07) is 4.14. The Bertz CT molecular complexity index is 302. The van der Waals surface area contributed by atoms with Gasteiger partial charge in [-0.2, -0.15) is 0 Å². The van der Waals surface area contributed by atoms with E-state index in [0.29, 0.717) is 11.2 Å². The zero-order valence-corrected chi connectivity index (χ0v) is 10.9. The lowest BCUT2D eigenvalue weighted by molar-refractivity contribution is 0.0767. The van der Waals surface area contributed by atoms with E-state index in [1.54, 1.807) is 12.3 Å². The van der Waals surface area contributed by atoms with Crippen molar-refractivity contribution in [1.82, 2.24) is 9.88 Å². The molecule has 0 N–H and O–H groups in total. The van der Waals surface area contributed by atoms with Gasteiger partial charge in [-0.05, 0) is 32.1 Å². The van der Waals surface area contributed by atoms with E-state index in [-0.39, 0.29) is 0 Å². The molecule has 16 heavy (non-hydrogen) atoms. The third-order valence-electron chi connectivity index (χ3n) is 2.58. The fraction of sp³-hybridized carbons (Fsp3) is 0.583. The second kappa shape index (κ2) is 6.71. The first-order chi connectivity index (χ1) is 7.75. The first-order valence-corrected chi connectivity index (χ1v) is 6.08. The average molecular weight is 243 g/mol. The van der Waals surface area contributed by atoms with Crippen molar-refractivity contribution in [3.8, 4) is 5.75 Å². The van der Waals surface area contributed by atoms with Gasteiger partial charge in [0.1, 0.15) is 17.5 Å². The zero-order chi connectivity index (χ0) is 12.0. The molecule has 0 radical (unpaired) electrons. The number of nitrogens with zero attached hydrogens (tertiary/aromatic N) is 2. The van der Waals surface area contributed by atoms with Crippen molar-refractivity contribution in [3.05, 3.63) is 23.5 Å². The molecule has 1 aromatic heterocycles. The number of ether oxygens (including phenoxy) is 1. The number of hydrogen-bond donors (Lipinski definition) is 0. The summed E-state index contributed by atoms with van der Waals surface area (Å²) in [5.41, 5.74) is 0. The van der Waals surface area contributed by atoms with Gasteiger partial charge in [0.05, 0.1) is 6.20 Å². The number of rotatable bonds is 3. The molecular weight excluding hydrogens is 224 g/mol. The van der Waals surface area contributed by atoms with Crippen LogP contribution < -0.4 is 4.74 Å². The summed E-state index contributed by atoms with van der Waals surface area (Å²) >= 11 is 5.66. The molecule has 1 aromatic rings. The Kier molecular flexibility index (Phi) is 5.56. The Morgan fingerprint density at radius 3 is 2.69 bits per heavy atom. The molecule has 0 bridgehead atoms. The maximum atomic E-state index is 5.66. The van der Waals surface area contributed by atoms with Crippen LogP contribution in [-0.2, 0) is 0 Å². The summed E-state index contributed by atoms with van der Waals surface area (Å²) in [6.45, 7) is 5.91. The van der Waals surface area contributed by atoms with Crippen LogP contribution in [0.4, 0.5) is 0 Å². The van der Waals surface area contributed by atoms with E-state index in [1.165, 1.54) is 13.0 Å². The predicted octanol–water partition coefficient (Wildman–Crippen LogP) is 2.84. The lowest BCUT2D eigenvalue weighted by Crippen LogP contribution is -2.48. The van der Waals surface area contributed by atoms with E-state index >= 15 is 0 Å². The molecule has 1 aliphatic heterocycles. The molecule has 2 rings (SSSR count). The maximum absolute atomic E-state index is 5.66. The van der Waals surface area contributed by atoms with E-state index in [2.05, 4.69) is 16.9 Å². The third-order valence-corrected chi connectivity index (χ3v) is 2.80. The minimum atomic E-state index is 0.498. The molecule has 90 valence electrons. The smallest absolute Gasteiger partial charge is 0.137 e. The van der Waals surface area contributed by atoms with Gasteiger partial charge in [0.25, 0.3) is 0 Å². The zero-order valence-electron chi connectivity index (χ0n) is 10.1. The van der Waals surface area contributed by atoms with Crippen LogP contribution in [0, 0.1) is 0 Å². The Morgan fingerprint density at radius 2 is 2.25 bits per heavy atom. The van der Waals surface area contributed by atoms with E-state index in [0.717, 1.165) is 12.4 Å². The molecular formula is C12H19ClN2O. The SMILES string of the molecule is CC.CN1CCC1COc1ccc(Cl)nc1. The van der Waals surface area contributed by atoms with Crippen LogP contribution in [0.15, 0.2) is 18.3 Å². The van der Waals surface area contributed by atoms with Gasteiger partial charge >= 0.3 is 0 Å². The molecule has 1 fully saturated rings. The molecule has 0 aliphatic carbocycles. The second-order valence-corrected chi connectivity index (χ2v) is 3.94. The van der Waals surface area contributed by atoms with Gasteiger partial charge in [-0.25, -0.2) is 4.98 Å². The van der Waals surface area contributed by atoms with Gasteiger partial charge in [0.15, 0.2) is 0 Å². The Balaban J connectivity index is 0.000000606. The summed E-state index contributed by atoms with van der Waals surface area (Å²) in [6.07, 6.45) is 2.87. The van der Waals surface area contributed by atoms with Crippen molar-refractivity contribution in [2.45, 2.75) is 26.3 Å². The summed E-state index contributed by atoms with van der Waals surface area (Å²) in [5.74, 6) is 0.787. The van der Waals surface area contributed by atoms with Gasteiger partial charge in [-0.1, -0.05) is 25.4 Å². The van der Waals surface area contributed by atoms with Crippen LogP contribution in [0.25, 0.3) is 0 Å². The van der Waals surface area contributed by atoms with Crippen molar-refractivity contribution in [2.75, 3.05) is 20.2 Å². The van der Waals surface area contributed by atoms with Crippen LogP contribution in [0.1, 0.15) is 20.3 Å². The number of likely N-dealkylation sites (N-methyl/N-ethyl adjacent to an activating group) is 1. The lowest BCUT2D eigenvalue weighted by atomic mass is 10.1. The quantitative estimate of drug-likeness (QED) is 0.763. The van der Waals surface area contributed by atoms with Crippen LogP contribution >= 0.6 is 11.6 Å². The Hall–Kier alpha value is -0.800. The Labute approximate surface area is 102 Å². The fourth-order valence-corrected chi connectivity index (χ4v) is 1.53. The highest BCUT2D eigenvalue weighted by molar-refractivity contribution is 6.29. The topological polar surface area (TPSA) is 25.4 Å². The average Bonchev–Trinajstić information content (AvgIpc) is 2.32. The molecule has 4 heteroatoms. The summed E-state index contributed by atoms with van der Waals surface area (Å²) in [4.78, 5) is 6.23. The summed E-state index contributed by atoms with van der Waals surface area (Å²) in [7, 11) is 2.11. The first-order valence-electron chi connectivity index (χ1n) is 5.70. The largest absolute Gasteiger partial charge is 0.490 e. The highest BCUT2D eigenvalue weighted by Crippen LogP contribution is 2.17. The van der Waals surface area contributed by atoms with E-state index in [1.807, 2.05) is 19.9 Å². The normalized spacial score (nSPS) is 19.4. The lowest BCUT2D eigenvalue weighted by Gasteiger charge is -2.37. The third kappa shape index (κ3) is 3.65. The van der Waals surface area contributed by atoms with E-state index < -0.39 is 0 Å². The molecule has 1 aliphatic rings. The van der Waals surface area contributed by atoms with Gasteiger partial charge in [-0.3, -0.25) is 4.90 Å².